The summed E-state index contributed by atoms with van der Waals surface area (Å²) in [4.78, 5) is 48.5. The van der Waals surface area contributed by atoms with Crippen LogP contribution in [0.5, 0.6) is 0 Å². The van der Waals surface area contributed by atoms with E-state index in [1.54, 1.807) is 42.6 Å². The molecule has 2 aliphatic rings. The number of nitrogens with zero attached hydrogens (tertiary/aromatic N) is 4. The molecule has 0 aliphatic carbocycles. The Hall–Kier alpha value is -4.69. The molecule has 0 bridgehead atoms. The summed E-state index contributed by atoms with van der Waals surface area (Å²) in [5, 5.41) is 10.6. The predicted molar refractivity (Wildman–Crippen MR) is 123 cm³/mol. The molecular weight excluding hydrogens is 432 g/mol. The zero-order valence-electron chi connectivity index (χ0n) is 17.6. The number of anilines is 2. The Balaban J connectivity index is 1.25. The summed E-state index contributed by atoms with van der Waals surface area (Å²) in [5.74, 6) is -1.07. The minimum atomic E-state index is -1.06. The first-order chi connectivity index (χ1) is 16.5. The summed E-state index contributed by atoms with van der Waals surface area (Å²) in [6.45, 7) is 0. The Labute approximate surface area is 193 Å². The molecule has 164 valence electrons. The van der Waals surface area contributed by atoms with Gasteiger partial charge in [-0.25, -0.2) is 4.90 Å². The standard InChI is InChI=1S/C26H16N4O4/c31-23-19-9-11-27-13-21(19)25(33)29(23)17-5-1-15(2-6-17)16-3-7-18(8-4-16)30-24(32)20-10-12-28-14-22(20)26(30)34/h1-14,23,31H. The van der Waals surface area contributed by atoms with Crippen LogP contribution in [0.1, 0.15) is 42.9 Å². The van der Waals surface area contributed by atoms with Gasteiger partial charge in [0.1, 0.15) is 0 Å². The van der Waals surface area contributed by atoms with Crippen LogP contribution in [0.25, 0.3) is 11.1 Å². The molecular formula is C26H16N4O4. The smallest absolute Gasteiger partial charge is 0.267 e. The molecule has 1 N–H and O–H groups in total. The molecule has 6 rings (SSSR count). The minimum absolute atomic E-state index is 0.295. The molecule has 2 aromatic heterocycles. The number of amides is 3. The fourth-order valence-corrected chi connectivity index (χ4v) is 4.38. The molecule has 0 saturated carbocycles. The zero-order valence-corrected chi connectivity index (χ0v) is 17.6. The van der Waals surface area contributed by atoms with Gasteiger partial charge in [0.05, 0.1) is 22.4 Å². The molecule has 8 heteroatoms. The maximum Gasteiger partial charge on any atom is 0.267 e. The highest BCUT2D eigenvalue weighted by atomic mass is 16.3. The molecule has 0 radical (unpaired) electrons. The van der Waals surface area contributed by atoms with E-state index < -0.39 is 12.1 Å². The summed E-state index contributed by atoms with van der Waals surface area (Å²) < 4.78 is 0. The zero-order chi connectivity index (χ0) is 23.4. The van der Waals surface area contributed by atoms with Crippen molar-refractivity contribution in [3.05, 3.63) is 108 Å². The van der Waals surface area contributed by atoms with Crippen molar-refractivity contribution >= 4 is 29.1 Å². The molecule has 0 fully saturated rings. The normalized spacial score (nSPS) is 16.7. The number of hydrogen-bond acceptors (Lipinski definition) is 6. The summed E-state index contributed by atoms with van der Waals surface area (Å²) in [6.07, 6.45) is 4.84. The van der Waals surface area contributed by atoms with Gasteiger partial charge < -0.3 is 5.11 Å². The average molecular weight is 448 g/mol. The van der Waals surface area contributed by atoms with Crippen LogP contribution in [-0.2, 0) is 0 Å². The molecule has 0 saturated heterocycles. The topological polar surface area (TPSA) is 104 Å². The largest absolute Gasteiger partial charge is 0.369 e. The third-order valence-electron chi connectivity index (χ3n) is 6.12. The third kappa shape index (κ3) is 2.86. The average Bonchev–Trinajstić information content (AvgIpc) is 3.29. The lowest BCUT2D eigenvalue weighted by atomic mass is 10.0. The Morgan fingerprint density at radius 3 is 1.79 bits per heavy atom. The number of fused-ring (bicyclic) bond motifs is 2. The van der Waals surface area contributed by atoms with Crippen molar-refractivity contribution in [2.45, 2.75) is 6.23 Å². The minimum Gasteiger partial charge on any atom is -0.369 e. The van der Waals surface area contributed by atoms with Crippen molar-refractivity contribution in [3.63, 3.8) is 0 Å². The number of pyridine rings is 2. The van der Waals surface area contributed by atoms with Crippen molar-refractivity contribution in [1.82, 2.24) is 9.97 Å². The van der Waals surface area contributed by atoms with Crippen LogP contribution >= 0.6 is 0 Å². The van der Waals surface area contributed by atoms with E-state index in [0.29, 0.717) is 33.6 Å². The second-order valence-electron chi connectivity index (χ2n) is 7.97. The fraction of sp³-hybridized carbons (Fsp3) is 0.0385. The van der Waals surface area contributed by atoms with E-state index in [1.807, 2.05) is 24.3 Å². The number of rotatable bonds is 3. The van der Waals surface area contributed by atoms with Crippen molar-refractivity contribution < 1.29 is 19.5 Å². The van der Waals surface area contributed by atoms with Crippen LogP contribution in [0.4, 0.5) is 11.4 Å². The van der Waals surface area contributed by atoms with E-state index in [9.17, 15) is 19.5 Å². The lowest BCUT2D eigenvalue weighted by molar-refractivity contribution is 0.0917. The van der Waals surface area contributed by atoms with Crippen LogP contribution in [0.15, 0.2) is 85.5 Å². The first kappa shape index (κ1) is 20.0. The molecule has 4 aromatic rings. The number of carbonyl (C=O) groups is 3. The van der Waals surface area contributed by atoms with Gasteiger partial charge in [0, 0.05) is 36.0 Å². The van der Waals surface area contributed by atoms with E-state index in [4.69, 9.17) is 0 Å². The first-order valence-corrected chi connectivity index (χ1v) is 10.5. The van der Waals surface area contributed by atoms with E-state index in [-0.39, 0.29) is 11.8 Å². The quantitative estimate of drug-likeness (QED) is 0.481. The highest BCUT2D eigenvalue weighted by Gasteiger charge is 2.37. The molecule has 2 aliphatic heterocycles. The lowest BCUT2D eigenvalue weighted by Gasteiger charge is -2.21. The molecule has 2 aromatic carbocycles. The summed E-state index contributed by atoms with van der Waals surface area (Å²) in [7, 11) is 0. The molecule has 1 unspecified atom stereocenters. The van der Waals surface area contributed by atoms with Gasteiger partial charge in [0.25, 0.3) is 17.7 Å². The Morgan fingerprint density at radius 2 is 1.18 bits per heavy atom. The van der Waals surface area contributed by atoms with Crippen molar-refractivity contribution in [1.29, 1.82) is 0 Å². The van der Waals surface area contributed by atoms with Crippen molar-refractivity contribution in [2.24, 2.45) is 0 Å². The number of imide groups is 1. The molecule has 8 nitrogen and oxygen atoms in total. The molecule has 0 spiro atoms. The number of carbonyl (C=O) groups excluding carboxylic acids is 3. The van der Waals surface area contributed by atoms with E-state index in [1.165, 1.54) is 23.5 Å². The second kappa shape index (κ2) is 7.43. The molecule has 1 atom stereocenters. The second-order valence-corrected chi connectivity index (χ2v) is 7.97. The highest BCUT2D eigenvalue weighted by Crippen LogP contribution is 2.36. The van der Waals surface area contributed by atoms with Crippen LogP contribution in [0.3, 0.4) is 0 Å². The SMILES string of the molecule is O=C1c2ccncc2C(=O)N1c1ccc(-c2ccc(N3C(=O)c4cnccc4C3O)cc2)cc1. The third-order valence-corrected chi connectivity index (χ3v) is 6.12. The number of hydrogen-bond donors (Lipinski definition) is 1. The fourth-order valence-electron chi connectivity index (χ4n) is 4.38. The van der Waals surface area contributed by atoms with Crippen LogP contribution in [-0.4, -0.2) is 32.8 Å². The highest BCUT2D eigenvalue weighted by molar-refractivity contribution is 6.34. The van der Waals surface area contributed by atoms with Gasteiger partial charge in [0.15, 0.2) is 6.23 Å². The molecule has 4 heterocycles. The summed E-state index contributed by atoms with van der Waals surface area (Å²) >= 11 is 0. The van der Waals surface area contributed by atoms with Crippen LogP contribution in [0.2, 0.25) is 0 Å². The van der Waals surface area contributed by atoms with Gasteiger partial charge in [-0.05, 0) is 47.5 Å². The summed E-state index contributed by atoms with van der Waals surface area (Å²) in [5.41, 5.74) is 4.34. The van der Waals surface area contributed by atoms with Gasteiger partial charge in [-0.15, -0.1) is 0 Å². The van der Waals surface area contributed by atoms with Crippen LogP contribution in [0, 0.1) is 0 Å². The van der Waals surface area contributed by atoms with E-state index in [0.717, 1.165) is 16.0 Å². The van der Waals surface area contributed by atoms with Gasteiger partial charge in [-0.3, -0.25) is 29.3 Å². The van der Waals surface area contributed by atoms with Gasteiger partial charge >= 0.3 is 0 Å². The first-order valence-electron chi connectivity index (χ1n) is 10.5. The number of aliphatic hydroxyl groups excluding tert-OH is 1. The number of benzene rings is 2. The maximum absolute atomic E-state index is 12.7. The number of aliphatic hydroxyl groups is 1. The molecule has 34 heavy (non-hydrogen) atoms. The van der Waals surface area contributed by atoms with Crippen LogP contribution < -0.4 is 9.80 Å². The van der Waals surface area contributed by atoms with Gasteiger partial charge in [-0.1, -0.05) is 24.3 Å². The van der Waals surface area contributed by atoms with Gasteiger partial charge in [-0.2, -0.15) is 0 Å². The maximum atomic E-state index is 12.7. The molecule has 3 amide bonds. The predicted octanol–water partition coefficient (Wildman–Crippen LogP) is 3.60. The Kier molecular flexibility index (Phi) is 4.36. The Bertz CT molecular complexity index is 1450. The van der Waals surface area contributed by atoms with E-state index in [2.05, 4.69) is 9.97 Å². The lowest BCUT2D eigenvalue weighted by Crippen LogP contribution is -2.29. The van der Waals surface area contributed by atoms with Crippen molar-refractivity contribution in [3.8, 4) is 11.1 Å². The van der Waals surface area contributed by atoms with E-state index >= 15 is 0 Å². The van der Waals surface area contributed by atoms with Gasteiger partial charge in [0.2, 0.25) is 0 Å². The Morgan fingerprint density at radius 1 is 0.618 bits per heavy atom. The summed E-state index contributed by atoms with van der Waals surface area (Å²) in [6, 6.07) is 17.5. The monoisotopic (exact) mass is 448 g/mol. The van der Waals surface area contributed by atoms with Crippen molar-refractivity contribution in [2.75, 3.05) is 9.80 Å². The number of aromatic nitrogens is 2.